The highest BCUT2D eigenvalue weighted by Gasteiger charge is 2.30. The minimum Gasteiger partial charge on any atom is -0.326 e. The van der Waals surface area contributed by atoms with Gasteiger partial charge in [0.1, 0.15) is 5.82 Å². The van der Waals surface area contributed by atoms with Crippen molar-refractivity contribution < 1.29 is 0 Å². The number of nitrogens with zero attached hydrogens (tertiary/aromatic N) is 2. The standard InChI is InChI=1S/C16H21ClN2/c1-12(17)15-18-13-7-3-4-8-14(13)19(15)11-16(2)9-5-6-10-16/h3-4,7-8,12H,5-6,9-11H2,1-2H3. The van der Waals surface area contributed by atoms with Gasteiger partial charge in [0.25, 0.3) is 0 Å². The molecule has 0 amide bonds. The fourth-order valence-electron chi connectivity index (χ4n) is 3.33. The average Bonchev–Trinajstić information content (AvgIpc) is 2.95. The van der Waals surface area contributed by atoms with Gasteiger partial charge in [0.15, 0.2) is 0 Å². The minimum absolute atomic E-state index is 0.0441. The van der Waals surface area contributed by atoms with Crippen LogP contribution < -0.4 is 0 Å². The molecule has 1 aromatic carbocycles. The van der Waals surface area contributed by atoms with Crippen molar-refractivity contribution in [2.24, 2.45) is 5.41 Å². The number of aromatic nitrogens is 2. The van der Waals surface area contributed by atoms with E-state index in [0.29, 0.717) is 5.41 Å². The second-order valence-corrected chi connectivity index (χ2v) is 6.83. The molecule has 2 nitrogen and oxygen atoms in total. The summed E-state index contributed by atoms with van der Waals surface area (Å²) in [5.74, 6) is 1.01. The number of alkyl halides is 1. The molecule has 1 fully saturated rings. The molecule has 1 aliphatic rings. The van der Waals surface area contributed by atoms with Gasteiger partial charge in [0.2, 0.25) is 0 Å². The van der Waals surface area contributed by atoms with Crippen LogP contribution in [0.3, 0.4) is 0 Å². The molecule has 19 heavy (non-hydrogen) atoms. The first-order valence-corrected chi connectivity index (χ1v) is 7.62. The van der Waals surface area contributed by atoms with Gasteiger partial charge in [0, 0.05) is 6.54 Å². The molecule has 3 rings (SSSR count). The number of rotatable bonds is 3. The lowest BCUT2D eigenvalue weighted by Crippen LogP contribution is -2.21. The number of halogens is 1. The van der Waals surface area contributed by atoms with Gasteiger partial charge in [-0.2, -0.15) is 0 Å². The first kappa shape index (κ1) is 13.0. The number of benzene rings is 1. The van der Waals surface area contributed by atoms with Crippen LogP contribution in [0.2, 0.25) is 0 Å². The summed E-state index contributed by atoms with van der Waals surface area (Å²) in [5, 5.41) is -0.0441. The van der Waals surface area contributed by atoms with Gasteiger partial charge in [-0.1, -0.05) is 31.9 Å². The second kappa shape index (κ2) is 4.82. The second-order valence-electron chi connectivity index (χ2n) is 6.18. The molecule has 102 valence electrons. The van der Waals surface area contributed by atoms with Crippen molar-refractivity contribution in [1.29, 1.82) is 0 Å². The molecule has 0 spiro atoms. The normalized spacial score (nSPS) is 19.9. The van der Waals surface area contributed by atoms with Crippen LogP contribution in [-0.4, -0.2) is 9.55 Å². The summed E-state index contributed by atoms with van der Waals surface area (Å²) < 4.78 is 2.35. The minimum atomic E-state index is -0.0441. The lowest BCUT2D eigenvalue weighted by Gasteiger charge is -2.26. The highest BCUT2D eigenvalue weighted by atomic mass is 35.5. The van der Waals surface area contributed by atoms with Crippen LogP contribution in [-0.2, 0) is 6.54 Å². The molecule has 3 heteroatoms. The zero-order valence-corrected chi connectivity index (χ0v) is 12.5. The zero-order chi connectivity index (χ0) is 13.5. The third kappa shape index (κ3) is 2.38. The number of para-hydroxylation sites is 2. The largest absolute Gasteiger partial charge is 0.326 e. The van der Waals surface area contributed by atoms with E-state index < -0.39 is 0 Å². The predicted octanol–water partition coefficient (Wildman–Crippen LogP) is 4.92. The molecule has 0 radical (unpaired) electrons. The average molecular weight is 277 g/mol. The lowest BCUT2D eigenvalue weighted by molar-refractivity contribution is 0.281. The highest BCUT2D eigenvalue weighted by Crippen LogP contribution is 2.40. The molecule has 1 saturated carbocycles. The fourth-order valence-corrected chi connectivity index (χ4v) is 3.50. The van der Waals surface area contributed by atoms with Crippen molar-refractivity contribution in [3.8, 4) is 0 Å². The molecular formula is C16H21ClN2. The van der Waals surface area contributed by atoms with E-state index in [4.69, 9.17) is 16.6 Å². The summed E-state index contributed by atoms with van der Waals surface area (Å²) in [4.78, 5) is 4.72. The van der Waals surface area contributed by atoms with Crippen LogP contribution in [0.1, 0.15) is 50.7 Å². The van der Waals surface area contributed by atoms with Crippen LogP contribution >= 0.6 is 11.6 Å². The van der Waals surface area contributed by atoms with Crippen LogP contribution in [0, 0.1) is 5.41 Å². The topological polar surface area (TPSA) is 17.8 Å². The Labute approximate surface area is 119 Å². The Morgan fingerprint density at radius 1 is 1.32 bits per heavy atom. The van der Waals surface area contributed by atoms with Gasteiger partial charge < -0.3 is 4.57 Å². The Morgan fingerprint density at radius 2 is 2.00 bits per heavy atom. The van der Waals surface area contributed by atoms with E-state index >= 15 is 0 Å². The maximum absolute atomic E-state index is 6.33. The highest BCUT2D eigenvalue weighted by molar-refractivity contribution is 6.20. The summed E-state index contributed by atoms with van der Waals surface area (Å²) >= 11 is 6.33. The molecule has 1 aromatic heterocycles. The van der Waals surface area contributed by atoms with E-state index in [2.05, 4.69) is 29.7 Å². The molecular weight excluding hydrogens is 256 g/mol. The lowest BCUT2D eigenvalue weighted by atomic mass is 9.88. The first-order chi connectivity index (χ1) is 9.09. The van der Waals surface area contributed by atoms with E-state index in [1.165, 1.54) is 31.2 Å². The van der Waals surface area contributed by atoms with E-state index in [1.54, 1.807) is 0 Å². The molecule has 1 unspecified atom stereocenters. The van der Waals surface area contributed by atoms with E-state index in [-0.39, 0.29) is 5.38 Å². The molecule has 1 atom stereocenters. The number of fused-ring (bicyclic) bond motifs is 1. The van der Waals surface area contributed by atoms with Crippen LogP contribution in [0.5, 0.6) is 0 Å². The summed E-state index contributed by atoms with van der Waals surface area (Å²) in [6.45, 7) is 5.45. The number of imidazole rings is 1. The van der Waals surface area contributed by atoms with Crippen LogP contribution in [0.15, 0.2) is 24.3 Å². The predicted molar refractivity (Wildman–Crippen MR) is 80.6 cm³/mol. The third-order valence-electron chi connectivity index (χ3n) is 4.39. The summed E-state index contributed by atoms with van der Waals surface area (Å²) in [5.41, 5.74) is 2.69. The van der Waals surface area contributed by atoms with Crippen molar-refractivity contribution in [2.45, 2.75) is 51.5 Å². The summed E-state index contributed by atoms with van der Waals surface area (Å²) in [6.07, 6.45) is 5.34. The van der Waals surface area contributed by atoms with Crippen LogP contribution in [0.25, 0.3) is 11.0 Å². The first-order valence-electron chi connectivity index (χ1n) is 7.18. The number of hydrogen-bond donors (Lipinski definition) is 0. The summed E-state index contributed by atoms with van der Waals surface area (Å²) in [7, 11) is 0. The molecule has 0 aliphatic heterocycles. The van der Waals surface area contributed by atoms with E-state index in [1.807, 2.05) is 13.0 Å². The maximum Gasteiger partial charge on any atom is 0.127 e. The monoisotopic (exact) mass is 276 g/mol. The van der Waals surface area contributed by atoms with Gasteiger partial charge in [0.05, 0.1) is 16.4 Å². The molecule has 0 N–H and O–H groups in total. The van der Waals surface area contributed by atoms with Crippen LogP contribution in [0.4, 0.5) is 0 Å². The molecule has 1 heterocycles. The Balaban J connectivity index is 2.07. The van der Waals surface area contributed by atoms with Crippen molar-refractivity contribution in [1.82, 2.24) is 9.55 Å². The van der Waals surface area contributed by atoms with Gasteiger partial charge in [-0.05, 0) is 37.3 Å². The Hall–Kier alpha value is -1.02. The van der Waals surface area contributed by atoms with Crippen molar-refractivity contribution >= 4 is 22.6 Å². The Morgan fingerprint density at radius 3 is 2.68 bits per heavy atom. The molecule has 0 bridgehead atoms. The van der Waals surface area contributed by atoms with Gasteiger partial charge in [-0.25, -0.2) is 4.98 Å². The Bertz CT molecular complexity index is 579. The SMILES string of the molecule is CC(Cl)c1nc2ccccc2n1CC1(C)CCCC1. The zero-order valence-electron chi connectivity index (χ0n) is 11.7. The smallest absolute Gasteiger partial charge is 0.127 e. The quantitative estimate of drug-likeness (QED) is 0.728. The molecule has 0 saturated heterocycles. The molecule has 1 aliphatic carbocycles. The van der Waals surface area contributed by atoms with Crippen molar-refractivity contribution in [3.63, 3.8) is 0 Å². The summed E-state index contributed by atoms with van der Waals surface area (Å²) in [6, 6.07) is 8.36. The Kier molecular flexibility index (Phi) is 3.30. The van der Waals surface area contributed by atoms with E-state index in [9.17, 15) is 0 Å². The van der Waals surface area contributed by atoms with Crippen molar-refractivity contribution in [2.75, 3.05) is 0 Å². The van der Waals surface area contributed by atoms with Crippen molar-refractivity contribution in [3.05, 3.63) is 30.1 Å². The van der Waals surface area contributed by atoms with E-state index in [0.717, 1.165) is 17.9 Å². The fraction of sp³-hybridized carbons (Fsp3) is 0.562. The van der Waals surface area contributed by atoms with Gasteiger partial charge in [-0.3, -0.25) is 0 Å². The third-order valence-corrected chi connectivity index (χ3v) is 4.59. The molecule has 2 aromatic rings. The van der Waals surface area contributed by atoms with Gasteiger partial charge >= 0.3 is 0 Å². The maximum atomic E-state index is 6.33. The number of hydrogen-bond acceptors (Lipinski definition) is 1. The van der Waals surface area contributed by atoms with Gasteiger partial charge in [-0.15, -0.1) is 11.6 Å².